The Kier molecular flexibility index (Phi) is 6.64. The van der Waals surface area contributed by atoms with E-state index in [0.717, 1.165) is 22.6 Å². The fraction of sp³-hybridized carbons (Fsp3) is 0.226. The molecule has 1 aromatic heterocycles. The summed E-state index contributed by atoms with van der Waals surface area (Å²) in [6, 6.07) is 15.6. The third kappa shape index (κ3) is 4.34. The Morgan fingerprint density at radius 2 is 1.62 bits per heavy atom. The van der Waals surface area contributed by atoms with Crippen molar-refractivity contribution in [2.75, 3.05) is 32.0 Å². The summed E-state index contributed by atoms with van der Waals surface area (Å²) in [5.41, 5.74) is 4.23. The first-order valence-electron chi connectivity index (χ1n) is 12.8. The molecule has 3 aromatic carbocycles. The van der Waals surface area contributed by atoms with Crippen LogP contribution in [0.25, 0.3) is 11.0 Å². The molecule has 9 heteroatoms. The van der Waals surface area contributed by atoms with Gasteiger partial charge in [-0.05, 0) is 60.4 Å². The van der Waals surface area contributed by atoms with Crippen LogP contribution in [0.2, 0.25) is 5.02 Å². The topological polar surface area (TPSA) is 99.0 Å². The lowest BCUT2D eigenvalue weighted by atomic mass is 9.78. The molecule has 2 unspecified atom stereocenters. The van der Waals surface area contributed by atoms with Crippen LogP contribution in [0.1, 0.15) is 35.9 Å². The molecule has 2 N–H and O–H groups in total. The van der Waals surface area contributed by atoms with Crippen molar-refractivity contribution in [3.05, 3.63) is 98.5 Å². The van der Waals surface area contributed by atoms with Crippen molar-refractivity contribution in [2.24, 2.45) is 0 Å². The highest BCUT2D eigenvalue weighted by Gasteiger charge is 2.38. The summed E-state index contributed by atoms with van der Waals surface area (Å²) in [6.07, 6.45) is 2.20. The highest BCUT2D eigenvalue weighted by Crippen LogP contribution is 2.47. The SMILES string of the molecule is COc1cc(C2CC(=O)C3=C(C2)Nc2ccccc2NC3c2coc3ccc(Cl)cc3c2=O)cc(OC)c1OC. The molecule has 1 aliphatic heterocycles. The molecular weight excluding hydrogens is 532 g/mol. The monoisotopic (exact) mass is 558 g/mol. The van der Waals surface area contributed by atoms with Gasteiger partial charge in [0.25, 0.3) is 0 Å². The molecule has 0 fully saturated rings. The minimum absolute atomic E-state index is 0.0802. The number of ketones is 1. The molecule has 0 amide bonds. The second-order valence-electron chi connectivity index (χ2n) is 9.79. The average Bonchev–Trinajstić information content (AvgIpc) is 3.13. The summed E-state index contributed by atoms with van der Waals surface area (Å²) in [6.45, 7) is 0. The normalized spacial score (nSPS) is 18.2. The molecule has 0 radical (unpaired) electrons. The molecule has 40 heavy (non-hydrogen) atoms. The summed E-state index contributed by atoms with van der Waals surface area (Å²) in [5, 5.41) is 7.72. The number of allylic oxidation sites excluding steroid dienone is 1. The second-order valence-corrected chi connectivity index (χ2v) is 10.2. The number of benzene rings is 3. The van der Waals surface area contributed by atoms with Crippen molar-refractivity contribution >= 4 is 39.7 Å². The molecule has 8 nitrogen and oxygen atoms in total. The standard InChI is InChI=1S/C31H27ClN2O6/c1-37-26-12-17(13-27(38-2)31(26)39-3)16-10-23-28(24(35)11-16)29(34-22-7-5-4-6-21(22)33-23)20-15-40-25-9-8-18(32)14-19(25)30(20)36/h4-9,12-16,29,33-34H,10-11H2,1-3H3. The zero-order chi connectivity index (χ0) is 28.0. The van der Waals surface area contributed by atoms with Crippen LogP contribution >= 0.6 is 11.6 Å². The molecular formula is C31H27ClN2O6. The van der Waals surface area contributed by atoms with E-state index in [4.69, 9.17) is 30.2 Å². The van der Waals surface area contributed by atoms with Crippen LogP contribution in [0.4, 0.5) is 11.4 Å². The van der Waals surface area contributed by atoms with E-state index < -0.39 is 6.04 Å². The van der Waals surface area contributed by atoms with Gasteiger partial charge in [0, 0.05) is 22.7 Å². The van der Waals surface area contributed by atoms with Gasteiger partial charge >= 0.3 is 0 Å². The molecule has 2 atom stereocenters. The van der Waals surface area contributed by atoms with Crippen molar-refractivity contribution in [1.82, 2.24) is 0 Å². The van der Waals surface area contributed by atoms with E-state index >= 15 is 0 Å². The maximum Gasteiger partial charge on any atom is 0.203 e. The van der Waals surface area contributed by atoms with Gasteiger partial charge in [0.2, 0.25) is 5.75 Å². The molecule has 0 spiro atoms. The predicted octanol–water partition coefficient (Wildman–Crippen LogP) is 6.45. The Morgan fingerprint density at radius 3 is 2.33 bits per heavy atom. The lowest BCUT2D eigenvalue weighted by molar-refractivity contribution is -0.116. The van der Waals surface area contributed by atoms with Gasteiger partial charge in [0.15, 0.2) is 22.7 Å². The number of Topliss-reactive ketones (excluding diaryl/α,β-unsaturated/α-hetero) is 1. The van der Waals surface area contributed by atoms with E-state index in [-0.39, 0.29) is 23.6 Å². The molecule has 1 aliphatic carbocycles. The average molecular weight is 559 g/mol. The number of anilines is 2. The van der Waals surface area contributed by atoms with Gasteiger partial charge in [-0.15, -0.1) is 0 Å². The molecule has 2 heterocycles. The van der Waals surface area contributed by atoms with Crippen LogP contribution in [0, 0.1) is 0 Å². The van der Waals surface area contributed by atoms with Crippen molar-refractivity contribution in [3.8, 4) is 17.2 Å². The van der Waals surface area contributed by atoms with Gasteiger partial charge < -0.3 is 29.3 Å². The van der Waals surface area contributed by atoms with E-state index in [2.05, 4.69) is 10.6 Å². The van der Waals surface area contributed by atoms with Gasteiger partial charge in [-0.2, -0.15) is 0 Å². The maximum atomic E-state index is 14.0. The smallest absolute Gasteiger partial charge is 0.203 e. The van der Waals surface area contributed by atoms with E-state index in [1.54, 1.807) is 39.5 Å². The molecule has 2 aliphatic rings. The fourth-order valence-electron chi connectivity index (χ4n) is 5.62. The molecule has 6 rings (SSSR count). The summed E-state index contributed by atoms with van der Waals surface area (Å²) in [5.74, 6) is 1.30. The largest absolute Gasteiger partial charge is 0.493 e. The Balaban J connectivity index is 1.49. The van der Waals surface area contributed by atoms with Gasteiger partial charge in [0.05, 0.1) is 49.7 Å². The maximum absolute atomic E-state index is 14.0. The highest BCUT2D eigenvalue weighted by atomic mass is 35.5. The Labute approximate surface area is 235 Å². The van der Waals surface area contributed by atoms with Crippen LogP contribution in [-0.2, 0) is 4.79 Å². The molecule has 0 saturated carbocycles. The van der Waals surface area contributed by atoms with Crippen LogP contribution in [0.15, 0.2) is 81.3 Å². The quantitative estimate of drug-likeness (QED) is 0.288. The Morgan fingerprint density at radius 1 is 0.900 bits per heavy atom. The second kappa shape index (κ2) is 10.3. The molecule has 204 valence electrons. The number of carbonyl (C=O) groups excluding carboxylic acids is 1. The molecule has 4 aromatic rings. The summed E-state index contributed by atoms with van der Waals surface area (Å²) < 4.78 is 22.4. The first kappa shape index (κ1) is 25.8. The van der Waals surface area contributed by atoms with E-state index in [0.29, 0.717) is 50.8 Å². The van der Waals surface area contributed by atoms with Crippen molar-refractivity contribution in [2.45, 2.75) is 24.8 Å². The number of hydrogen-bond donors (Lipinski definition) is 2. The number of fused-ring (bicyclic) bond motifs is 2. The van der Waals surface area contributed by atoms with E-state index in [1.165, 1.54) is 6.26 Å². The number of methoxy groups -OCH3 is 3. The summed E-state index contributed by atoms with van der Waals surface area (Å²) in [4.78, 5) is 27.7. The molecule has 0 bridgehead atoms. The highest BCUT2D eigenvalue weighted by molar-refractivity contribution is 6.31. The third-order valence-electron chi connectivity index (χ3n) is 7.54. The summed E-state index contributed by atoms with van der Waals surface area (Å²) in [7, 11) is 4.69. The first-order chi connectivity index (χ1) is 19.4. The summed E-state index contributed by atoms with van der Waals surface area (Å²) >= 11 is 6.20. The van der Waals surface area contributed by atoms with Crippen LogP contribution in [0.5, 0.6) is 17.2 Å². The number of hydrogen-bond acceptors (Lipinski definition) is 8. The first-order valence-corrected chi connectivity index (χ1v) is 13.2. The number of nitrogens with one attached hydrogen (secondary N) is 2. The zero-order valence-electron chi connectivity index (χ0n) is 22.2. The predicted molar refractivity (Wildman–Crippen MR) is 154 cm³/mol. The number of halogens is 1. The lowest BCUT2D eigenvalue weighted by Crippen LogP contribution is -2.29. The Bertz CT molecular complexity index is 1720. The van der Waals surface area contributed by atoms with Gasteiger partial charge in [-0.25, -0.2) is 0 Å². The van der Waals surface area contributed by atoms with E-state index in [9.17, 15) is 9.59 Å². The van der Waals surface area contributed by atoms with Crippen LogP contribution in [0.3, 0.4) is 0 Å². The van der Waals surface area contributed by atoms with Gasteiger partial charge in [-0.1, -0.05) is 23.7 Å². The minimum Gasteiger partial charge on any atom is -0.493 e. The van der Waals surface area contributed by atoms with E-state index in [1.807, 2.05) is 36.4 Å². The van der Waals surface area contributed by atoms with Crippen LogP contribution in [-0.4, -0.2) is 27.1 Å². The van der Waals surface area contributed by atoms with Crippen molar-refractivity contribution in [3.63, 3.8) is 0 Å². The number of ether oxygens (including phenoxy) is 3. The van der Waals surface area contributed by atoms with Crippen LogP contribution < -0.4 is 30.3 Å². The fourth-order valence-corrected chi connectivity index (χ4v) is 5.79. The van der Waals surface area contributed by atoms with Crippen molar-refractivity contribution in [1.29, 1.82) is 0 Å². The Hall–Kier alpha value is -4.43. The number of para-hydroxylation sites is 2. The van der Waals surface area contributed by atoms with Gasteiger partial charge in [0.1, 0.15) is 11.8 Å². The zero-order valence-corrected chi connectivity index (χ0v) is 22.9. The van der Waals surface area contributed by atoms with Gasteiger partial charge in [-0.3, -0.25) is 9.59 Å². The lowest BCUT2D eigenvalue weighted by Gasteiger charge is -2.30. The third-order valence-corrected chi connectivity index (χ3v) is 7.77. The minimum atomic E-state index is -0.723. The molecule has 0 saturated heterocycles. The number of carbonyl (C=O) groups is 1. The number of rotatable bonds is 5. The van der Waals surface area contributed by atoms with Crippen molar-refractivity contribution < 1.29 is 23.4 Å².